The first-order valence-electron chi connectivity index (χ1n) is 7.65. The molecule has 0 radical (unpaired) electrons. The lowest BCUT2D eigenvalue weighted by molar-refractivity contribution is 0.0944. The van der Waals surface area contributed by atoms with E-state index in [-0.39, 0.29) is 11.7 Å². The normalized spacial score (nSPS) is 15.5. The van der Waals surface area contributed by atoms with Crippen molar-refractivity contribution in [3.05, 3.63) is 57.3 Å². The number of carbonyl (C=O) groups is 1. The van der Waals surface area contributed by atoms with Gasteiger partial charge in [-0.2, -0.15) is 0 Å². The van der Waals surface area contributed by atoms with Crippen LogP contribution < -0.4 is 5.32 Å². The van der Waals surface area contributed by atoms with Crippen LogP contribution in [0.15, 0.2) is 36.4 Å². The van der Waals surface area contributed by atoms with Gasteiger partial charge in [0, 0.05) is 17.6 Å². The van der Waals surface area contributed by atoms with Crippen LogP contribution in [-0.2, 0) is 27.6 Å². The van der Waals surface area contributed by atoms with Crippen LogP contribution in [-0.4, -0.2) is 32.9 Å². The van der Waals surface area contributed by atoms with Gasteiger partial charge in [-0.3, -0.25) is 4.79 Å². The van der Waals surface area contributed by atoms with Gasteiger partial charge in [-0.15, -0.1) is 11.3 Å². The summed E-state index contributed by atoms with van der Waals surface area (Å²) >= 11 is 1.46. The molecule has 1 aromatic heterocycles. The number of rotatable bonds is 5. The zero-order valence-corrected chi connectivity index (χ0v) is 15.0. The topological polar surface area (TPSA) is 72.5 Å². The molecule has 3 rings (SSSR count). The molecule has 1 unspecified atom stereocenters. The minimum Gasteiger partial charge on any atom is -0.376 e. The van der Waals surface area contributed by atoms with Crippen LogP contribution in [0.5, 0.6) is 0 Å². The van der Waals surface area contributed by atoms with E-state index in [1.54, 1.807) is 0 Å². The van der Waals surface area contributed by atoms with Gasteiger partial charge < -0.3 is 10.1 Å². The van der Waals surface area contributed by atoms with Crippen LogP contribution in [0.4, 0.5) is 0 Å². The van der Waals surface area contributed by atoms with Gasteiger partial charge in [-0.05, 0) is 17.2 Å². The van der Waals surface area contributed by atoms with Crippen molar-refractivity contribution in [1.29, 1.82) is 0 Å². The maximum Gasteiger partial charge on any atom is 0.261 e. The number of hydrogen-bond acceptors (Lipinski definition) is 5. The smallest absolute Gasteiger partial charge is 0.261 e. The molecule has 0 saturated heterocycles. The Morgan fingerprint density at radius 1 is 1.33 bits per heavy atom. The highest BCUT2D eigenvalue weighted by atomic mass is 32.2. The standard InChI is InChI=1S/C17H19NO4S2/c1-24(20,21)11-14(12-5-3-2-4-6-12)18-17(19)16-9-13-10-22-8-7-15(13)23-16/h2-6,9,14H,7-8,10-11H2,1H3,(H,18,19). The Labute approximate surface area is 145 Å². The highest BCUT2D eigenvalue weighted by molar-refractivity contribution is 7.90. The third kappa shape index (κ3) is 4.23. The molecule has 0 fully saturated rings. The lowest BCUT2D eigenvalue weighted by atomic mass is 10.1. The Hall–Kier alpha value is -1.70. The molecule has 5 nitrogen and oxygen atoms in total. The fourth-order valence-corrected chi connectivity index (χ4v) is 4.63. The van der Waals surface area contributed by atoms with Crippen LogP contribution in [0.1, 0.15) is 31.7 Å². The number of sulfone groups is 1. The summed E-state index contributed by atoms with van der Waals surface area (Å²) in [6.45, 7) is 1.21. The number of ether oxygens (including phenoxy) is 1. The summed E-state index contributed by atoms with van der Waals surface area (Å²) < 4.78 is 28.9. The van der Waals surface area contributed by atoms with Gasteiger partial charge in [0.05, 0.1) is 29.9 Å². The molecule has 128 valence electrons. The van der Waals surface area contributed by atoms with Gasteiger partial charge in [0.25, 0.3) is 5.91 Å². The van der Waals surface area contributed by atoms with Crippen molar-refractivity contribution < 1.29 is 17.9 Å². The fourth-order valence-electron chi connectivity index (χ4n) is 2.70. The van der Waals surface area contributed by atoms with Crippen molar-refractivity contribution in [2.75, 3.05) is 18.6 Å². The molecule has 0 spiro atoms. The number of benzene rings is 1. The second-order valence-corrected chi connectivity index (χ2v) is 9.21. The van der Waals surface area contributed by atoms with Crippen molar-refractivity contribution in [2.45, 2.75) is 19.1 Å². The van der Waals surface area contributed by atoms with Crippen molar-refractivity contribution in [3.8, 4) is 0 Å². The Morgan fingerprint density at radius 3 is 2.75 bits per heavy atom. The summed E-state index contributed by atoms with van der Waals surface area (Å²) in [6.07, 6.45) is 2.00. The zero-order valence-electron chi connectivity index (χ0n) is 13.3. The molecule has 24 heavy (non-hydrogen) atoms. The van der Waals surface area contributed by atoms with Gasteiger partial charge in [-0.25, -0.2) is 8.42 Å². The Morgan fingerprint density at radius 2 is 2.08 bits per heavy atom. The predicted octanol–water partition coefficient (Wildman–Crippen LogP) is 2.34. The van der Waals surface area contributed by atoms with Crippen molar-refractivity contribution in [3.63, 3.8) is 0 Å². The average Bonchev–Trinajstić information content (AvgIpc) is 2.98. The van der Waals surface area contributed by atoms with E-state index in [1.807, 2.05) is 36.4 Å². The van der Waals surface area contributed by atoms with E-state index in [4.69, 9.17) is 4.74 Å². The van der Waals surface area contributed by atoms with Gasteiger partial charge in [0.2, 0.25) is 0 Å². The molecule has 1 aliphatic rings. The van der Waals surface area contributed by atoms with Crippen molar-refractivity contribution in [1.82, 2.24) is 5.32 Å². The van der Waals surface area contributed by atoms with E-state index in [9.17, 15) is 13.2 Å². The number of amides is 1. The Kier molecular flexibility index (Phi) is 5.03. The molecule has 1 aliphatic heterocycles. The van der Waals surface area contributed by atoms with Crippen LogP contribution in [0.25, 0.3) is 0 Å². The Balaban J connectivity index is 1.81. The average molecular weight is 365 g/mol. The third-order valence-corrected chi connectivity index (χ3v) is 6.00. The molecule has 0 saturated carbocycles. The molecular weight excluding hydrogens is 346 g/mol. The van der Waals surface area contributed by atoms with Crippen LogP contribution in [0.3, 0.4) is 0 Å². The highest BCUT2D eigenvalue weighted by Crippen LogP contribution is 2.27. The van der Waals surface area contributed by atoms with E-state index < -0.39 is 15.9 Å². The Bertz CT molecular complexity index is 804. The fraction of sp³-hybridized carbons (Fsp3) is 0.353. The molecule has 1 amide bonds. The van der Waals surface area contributed by atoms with Gasteiger partial charge in [-0.1, -0.05) is 30.3 Å². The number of hydrogen-bond donors (Lipinski definition) is 1. The summed E-state index contributed by atoms with van der Waals surface area (Å²) in [5.74, 6) is -0.372. The monoisotopic (exact) mass is 365 g/mol. The summed E-state index contributed by atoms with van der Waals surface area (Å²) in [5.41, 5.74) is 1.83. The van der Waals surface area contributed by atoms with E-state index >= 15 is 0 Å². The van der Waals surface area contributed by atoms with Crippen LogP contribution in [0.2, 0.25) is 0 Å². The minimum absolute atomic E-state index is 0.128. The summed E-state index contributed by atoms with van der Waals surface area (Å²) in [5, 5.41) is 2.87. The molecule has 2 aromatic rings. The lowest BCUT2D eigenvalue weighted by Gasteiger charge is -2.18. The van der Waals surface area contributed by atoms with E-state index in [2.05, 4.69) is 5.32 Å². The van der Waals surface area contributed by atoms with Crippen molar-refractivity contribution >= 4 is 27.1 Å². The molecule has 1 N–H and O–H groups in total. The molecule has 0 bridgehead atoms. The summed E-state index contributed by atoms with van der Waals surface area (Å²) in [7, 11) is -3.23. The third-order valence-electron chi connectivity index (χ3n) is 3.83. The molecule has 7 heteroatoms. The maximum atomic E-state index is 12.6. The van der Waals surface area contributed by atoms with E-state index in [0.29, 0.717) is 18.1 Å². The van der Waals surface area contributed by atoms with Crippen LogP contribution in [0, 0.1) is 0 Å². The highest BCUT2D eigenvalue weighted by Gasteiger charge is 2.23. The summed E-state index contributed by atoms with van der Waals surface area (Å²) in [6, 6.07) is 10.4. The number of carbonyl (C=O) groups excluding carboxylic acids is 1. The van der Waals surface area contributed by atoms with Gasteiger partial charge in [0.15, 0.2) is 0 Å². The summed E-state index contributed by atoms with van der Waals surface area (Å²) in [4.78, 5) is 14.4. The molecular formula is C17H19NO4S2. The zero-order chi connectivity index (χ0) is 17.2. The second-order valence-electron chi connectivity index (χ2n) is 5.89. The largest absolute Gasteiger partial charge is 0.376 e. The molecule has 1 atom stereocenters. The van der Waals surface area contributed by atoms with Gasteiger partial charge in [0.1, 0.15) is 9.84 Å². The molecule has 1 aromatic carbocycles. The number of nitrogens with one attached hydrogen (secondary N) is 1. The second kappa shape index (κ2) is 7.04. The first-order chi connectivity index (χ1) is 11.4. The first-order valence-corrected chi connectivity index (χ1v) is 10.5. The minimum atomic E-state index is -3.23. The quantitative estimate of drug-likeness (QED) is 0.883. The SMILES string of the molecule is CS(=O)(=O)CC(NC(=O)c1cc2c(s1)CCOC2)c1ccccc1. The number of thiophene rings is 1. The van der Waals surface area contributed by atoms with E-state index in [0.717, 1.165) is 17.5 Å². The van der Waals surface area contributed by atoms with Crippen LogP contribution >= 0.6 is 11.3 Å². The van der Waals surface area contributed by atoms with Gasteiger partial charge >= 0.3 is 0 Å². The molecule has 0 aliphatic carbocycles. The first kappa shape index (κ1) is 17.1. The van der Waals surface area contributed by atoms with Crippen molar-refractivity contribution in [2.24, 2.45) is 0 Å². The van der Waals surface area contributed by atoms with E-state index in [1.165, 1.54) is 22.5 Å². The predicted molar refractivity (Wildman–Crippen MR) is 94.0 cm³/mol. The maximum absolute atomic E-state index is 12.6. The number of fused-ring (bicyclic) bond motifs is 1. The molecule has 2 heterocycles. The lowest BCUT2D eigenvalue weighted by Crippen LogP contribution is -2.32.